The van der Waals surface area contributed by atoms with E-state index in [0.29, 0.717) is 22.1 Å². The van der Waals surface area contributed by atoms with Crippen molar-refractivity contribution < 1.29 is 17.9 Å². The summed E-state index contributed by atoms with van der Waals surface area (Å²) in [6.45, 7) is 0. The molecule has 0 fully saturated rings. The first kappa shape index (κ1) is 21.6. The van der Waals surface area contributed by atoms with Crippen LogP contribution in [0.3, 0.4) is 0 Å². The Morgan fingerprint density at radius 3 is 2.00 bits per heavy atom. The maximum atomic E-state index is 13.0. The van der Waals surface area contributed by atoms with Crippen LogP contribution in [0, 0.1) is 0 Å². The molecule has 0 spiro atoms. The van der Waals surface area contributed by atoms with Crippen LogP contribution in [-0.4, -0.2) is 14.2 Å². The van der Waals surface area contributed by atoms with Gasteiger partial charge in [0, 0.05) is 16.1 Å². The number of anilines is 1. The van der Waals surface area contributed by atoms with Gasteiger partial charge in [0.05, 0.1) is 10.6 Å². The standard InChI is InChI=1S/C25H18ClNO4S/c26-19-11-16-24(23(17-19)25(28)18-7-3-1-4-8-18)27-32(29,30)22-14-12-21(13-15-22)31-20-9-5-2-6-10-20/h1-17,27H. The first-order chi connectivity index (χ1) is 15.4. The number of carbonyl (C=O) groups excluding carboxylic acids is 1. The van der Waals surface area contributed by atoms with Crippen LogP contribution in [-0.2, 0) is 10.0 Å². The Labute approximate surface area is 191 Å². The zero-order chi connectivity index (χ0) is 22.6. The molecule has 4 aromatic rings. The van der Waals surface area contributed by atoms with Crippen LogP contribution in [0.25, 0.3) is 0 Å². The summed E-state index contributed by atoms with van der Waals surface area (Å²) in [5, 5.41) is 0.328. The number of sulfonamides is 1. The second-order valence-electron chi connectivity index (χ2n) is 6.88. The lowest BCUT2D eigenvalue weighted by atomic mass is 10.0. The summed E-state index contributed by atoms with van der Waals surface area (Å²) in [6, 6.07) is 28.2. The number of benzene rings is 4. The van der Waals surface area contributed by atoms with E-state index in [2.05, 4.69) is 4.72 Å². The first-order valence-corrected chi connectivity index (χ1v) is 11.5. The Kier molecular flexibility index (Phi) is 6.25. The number of hydrogen-bond acceptors (Lipinski definition) is 4. The Hall–Kier alpha value is -3.61. The predicted molar refractivity (Wildman–Crippen MR) is 125 cm³/mol. The highest BCUT2D eigenvalue weighted by Gasteiger charge is 2.20. The second kappa shape index (κ2) is 9.26. The van der Waals surface area contributed by atoms with Gasteiger partial charge >= 0.3 is 0 Å². The Bertz CT molecular complexity index is 1340. The molecular formula is C25H18ClNO4S. The van der Waals surface area contributed by atoms with Crippen molar-refractivity contribution >= 4 is 33.1 Å². The lowest BCUT2D eigenvalue weighted by molar-refractivity contribution is 0.103. The number of para-hydroxylation sites is 1. The van der Waals surface area contributed by atoms with E-state index in [-0.39, 0.29) is 21.9 Å². The van der Waals surface area contributed by atoms with Gasteiger partial charge in [-0.1, -0.05) is 60.1 Å². The van der Waals surface area contributed by atoms with E-state index in [9.17, 15) is 13.2 Å². The van der Waals surface area contributed by atoms with E-state index >= 15 is 0 Å². The van der Waals surface area contributed by atoms with Crippen LogP contribution >= 0.6 is 11.6 Å². The van der Waals surface area contributed by atoms with Crippen molar-refractivity contribution in [1.82, 2.24) is 0 Å². The van der Waals surface area contributed by atoms with Crippen LogP contribution in [0.1, 0.15) is 15.9 Å². The quantitative estimate of drug-likeness (QED) is 0.333. The molecule has 0 aliphatic rings. The summed E-state index contributed by atoms with van der Waals surface area (Å²) in [7, 11) is -3.95. The van der Waals surface area contributed by atoms with Gasteiger partial charge < -0.3 is 4.74 Å². The van der Waals surface area contributed by atoms with Gasteiger partial charge in [0.15, 0.2) is 5.78 Å². The van der Waals surface area contributed by atoms with Gasteiger partial charge in [0.2, 0.25) is 0 Å². The van der Waals surface area contributed by atoms with Crippen molar-refractivity contribution in [3.05, 3.63) is 119 Å². The minimum absolute atomic E-state index is 0.0333. The molecule has 0 bridgehead atoms. The summed E-state index contributed by atoms with van der Waals surface area (Å²) in [6.07, 6.45) is 0. The molecule has 0 aromatic heterocycles. The molecule has 4 aromatic carbocycles. The van der Waals surface area contributed by atoms with Crippen molar-refractivity contribution in [2.45, 2.75) is 4.90 Å². The maximum absolute atomic E-state index is 13.0. The van der Waals surface area contributed by atoms with Gasteiger partial charge in [-0.05, 0) is 54.6 Å². The molecule has 0 aliphatic heterocycles. The van der Waals surface area contributed by atoms with E-state index in [4.69, 9.17) is 16.3 Å². The summed E-state index contributed by atoms with van der Waals surface area (Å²) >= 11 is 6.08. The van der Waals surface area contributed by atoms with Crippen molar-refractivity contribution in [3.8, 4) is 11.5 Å². The fraction of sp³-hybridized carbons (Fsp3) is 0. The molecule has 160 valence electrons. The van der Waals surface area contributed by atoms with E-state index in [0.717, 1.165) is 0 Å². The largest absolute Gasteiger partial charge is 0.457 e. The fourth-order valence-corrected chi connectivity index (χ4v) is 4.31. The lowest BCUT2D eigenvalue weighted by Gasteiger charge is -2.13. The highest BCUT2D eigenvalue weighted by atomic mass is 35.5. The second-order valence-corrected chi connectivity index (χ2v) is 9.00. The molecule has 0 heterocycles. The average Bonchev–Trinajstić information content (AvgIpc) is 2.81. The maximum Gasteiger partial charge on any atom is 0.261 e. The zero-order valence-electron chi connectivity index (χ0n) is 16.7. The summed E-state index contributed by atoms with van der Waals surface area (Å²) in [4.78, 5) is 13.0. The first-order valence-electron chi connectivity index (χ1n) is 9.67. The number of halogens is 1. The molecule has 0 radical (unpaired) electrons. The van der Waals surface area contributed by atoms with Gasteiger partial charge in [-0.3, -0.25) is 9.52 Å². The van der Waals surface area contributed by atoms with Crippen LogP contribution in [0.15, 0.2) is 108 Å². The lowest BCUT2D eigenvalue weighted by Crippen LogP contribution is -2.16. The monoisotopic (exact) mass is 463 g/mol. The summed E-state index contributed by atoms with van der Waals surface area (Å²) in [5.74, 6) is 0.811. The van der Waals surface area contributed by atoms with E-state index in [1.54, 1.807) is 54.6 Å². The van der Waals surface area contributed by atoms with Crippen LogP contribution in [0.4, 0.5) is 5.69 Å². The Balaban J connectivity index is 1.59. The molecule has 32 heavy (non-hydrogen) atoms. The summed E-state index contributed by atoms with van der Waals surface area (Å²) < 4.78 is 34.1. The fourth-order valence-electron chi connectivity index (χ4n) is 3.05. The number of carbonyl (C=O) groups is 1. The number of ether oxygens (including phenoxy) is 1. The van der Waals surface area contributed by atoms with Crippen LogP contribution in [0.5, 0.6) is 11.5 Å². The molecule has 1 N–H and O–H groups in total. The van der Waals surface area contributed by atoms with Gasteiger partial charge in [0.1, 0.15) is 11.5 Å². The number of ketones is 1. The van der Waals surface area contributed by atoms with Crippen molar-refractivity contribution in [1.29, 1.82) is 0 Å². The Morgan fingerprint density at radius 2 is 1.34 bits per heavy atom. The van der Waals surface area contributed by atoms with E-state index in [1.807, 2.05) is 18.2 Å². The molecule has 0 atom stereocenters. The van der Waals surface area contributed by atoms with Crippen molar-refractivity contribution in [2.24, 2.45) is 0 Å². The molecule has 4 rings (SSSR count). The topological polar surface area (TPSA) is 72.5 Å². The third-order valence-electron chi connectivity index (χ3n) is 4.62. The normalized spacial score (nSPS) is 11.0. The highest BCUT2D eigenvalue weighted by Crippen LogP contribution is 2.27. The number of rotatable bonds is 7. The molecule has 0 unspecified atom stereocenters. The van der Waals surface area contributed by atoms with Crippen molar-refractivity contribution in [2.75, 3.05) is 4.72 Å². The van der Waals surface area contributed by atoms with E-state index < -0.39 is 10.0 Å². The van der Waals surface area contributed by atoms with E-state index in [1.165, 1.54) is 30.3 Å². The molecule has 7 heteroatoms. The predicted octanol–water partition coefficient (Wildman–Crippen LogP) is 6.16. The third-order valence-corrected chi connectivity index (χ3v) is 6.24. The van der Waals surface area contributed by atoms with Crippen molar-refractivity contribution in [3.63, 3.8) is 0 Å². The Morgan fingerprint density at radius 1 is 0.750 bits per heavy atom. The molecule has 0 saturated heterocycles. The zero-order valence-corrected chi connectivity index (χ0v) is 18.3. The molecule has 0 saturated carbocycles. The number of hydrogen-bond donors (Lipinski definition) is 1. The van der Waals surface area contributed by atoms with Gasteiger partial charge in [-0.15, -0.1) is 0 Å². The van der Waals surface area contributed by atoms with Gasteiger partial charge in [0.25, 0.3) is 10.0 Å². The average molecular weight is 464 g/mol. The number of nitrogens with one attached hydrogen (secondary N) is 1. The van der Waals surface area contributed by atoms with Crippen LogP contribution in [0.2, 0.25) is 5.02 Å². The highest BCUT2D eigenvalue weighted by molar-refractivity contribution is 7.92. The minimum atomic E-state index is -3.95. The van der Waals surface area contributed by atoms with Gasteiger partial charge in [-0.25, -0.2) is 8.42 Å². The summed E-state index contributed by atoms with van der Waals surface area (Å²) in [5.41, 5.74) is 0.738. The molecule has 0 amide bonds. The SMILES string of the molecule is O=C(c1ccccc1)c1cc(Cl)ccc1NS(=O)(=O)c1ccc(Oc2ccccc2)cc1. The minimum Gasteiger partial charge on any atom is -0.457 e. The molecule has 5 nitrogen and oxygen atoms in total. The molecule has 0 aliphatic carbocycles. The van der Waals surface area contributed by atoms with Crippen LogP contribution < -0.4 is 9.46 Å². The smallest absolute Gasteiger partial charge is 0.261 e. The van der Waals surface area contributed by atoms with Gasteiger partial charge in [-0.2, -0.15) is 0 Å². The molecular weight excluding hydrogens is 446 g/mol. The third kappa shape index (κ3) is 4.99.